The fraction of sp³-hybridized carbons (Fsp3) is 0.143. The number of carbonyl (C=O) groups is 3. The molecule has 0 radical (unpaired) electrons. The zero-order valence-electron chi connectivity index (χ0n) is 16.2. The van der Waals surface area contributed by atoms with Crippen LogP contribution < -0.4 is 5.32 Å². The lowest BCUT2D eigenvalue weighted by molar-refractivity contribution is -0.142. The molecular weight excluding hydrogens is 440 g/mol. The van der Waals surface area contributed by atoms with E-state index in [-0.39, 0.29) is 44.6 Å². The van der Waals surface area contributed by atoms with Crippen LogP contribution in [0.25, 0.3) is 0 Å². The number of rotatable bonds is 5. The fourth-order valence-corrected chi connectivity index (χ4v) is 5.58. The summed E-state index contributed by atoms with van der Waals surface area (Å²) in [5.41, 5.74) is 0.663. The third kappa shape index (κ3) is 3.87. The first-order valence-electron chi connectivity index (χ1n) is 9.25. The third-order valence-electron chi connectivity index (χ3n) is 4.60. The summed E-state index contributed by atoms with van der Waals surface area (Å²) in [4.78, 5) is 40.8. The molecule has 10 heteroatoms. The number of ether oxygens (including phenoxy) is 1. The Labute approximate surface area is 181 Å². The van der Waals surface area contributed by atoms with Gasteiger partial charge in [0, 0.05) is 22.1 Å². The molecule has 1 N–H and O–H groups in total. The number of nitrogens with one attached hydrogen (secondary N) is 1. The molecule has 8 nitrogen and oxygen atoms in total. The smallest absolute Gasteiger partial charge is 0.311 e. The van der Waals surface area contributed by atoms with Crippen LogP contribution in [0.1, 0.15) is 38.9 Å². The minimum Gasteiger partial charge on any atom is -0.466 e. The van der Waals surface area contributed by atoms with Crippen LogP contribution in [-0.4, -0.2) is 37.7 Å². The molecule has 0 spiro atoms. The van der Waals surface area contributed by atoms with E-state index in [1.807, 2.05) is 0 Å². The van der Waals surface area contributed by atoms with E-state index in [1.54, 1.807) is 24.4 Å². The second kappa shape index (κ2) is 8.05. The highest BCUT2D eigenvalue weighted by Crippen LogP contribution is 2.34. The molecule has 158 valence electrons. The van der Waals surface area contributed by atoms with Crippen LogP contribution in [0.3, 0.4) is 0 Å². The van der Waals surface area contributed by atoms with Gasteiger partial charge in [0.2, 0.25) is 9.84 Å². The van der Waals surface area contributed by atoms with Gasteiger partial charge >= 0.3 is 5.97 Å². The lowest BCUT2D eigenvalue weighted by Gasteiger charge is -2.19. The number of hydrogen-bond donors (Lipinski definition) is 1. The lowest BCUT2D eigenvalue weighted by Crippen LogP contribution is -2.21. The number of anilines is 1. The second-order valence-electron chi connectivity index (χ2n) is 6.62. The maximum atomic E-state index is 13.0. The number of ketones is 1. The van der Waals surface area contributed by atoms with Crippen molar-refractivity contribution < 1.29 is 27.5 Å². The molecule has 2 aromatic carbocycles. The second-order valence-corrected chi connectivity index (χ2v) is 9.36. The van der Waals surface area contributed by atoms with Crippen molar-refractivity contribution in [3.8, 4) is 0 Å². The molecule has 4 rings (SSSR count). The van der Waals surface area contributed by atoms with Crippen molar-refractivity contribution >= 4 is 44.0 Å². The number of esters is 1. The minimum absolute atomic E-state index is 0.0151. The Hall–Kier alpha value is -3.37. The van der Waals surface area contributed by atoms with Crippen molar-refractivity contribution in [1.82, 2.24) is 4.98 Å². The molecular formula is C21H16N2O6S2. The van der Waals surface area contributed by atoms with Crippen LogP contribution in [0, 0.1) is 0 Å². The van der Waals surface area contributed by atoms with Crippen molar-refractivity contribution in [2.45, 2.75) is 23.1 Å². The van der Waals surface area contributed by atoms with Crippen LogP contribution in [-0.2, 0) is 25.8 Å². The Morgan fingerprint density at radius 3 is 2.61 bits per heavy atom. The fourth-order valence-electron chi connectivity index (χ4n) is 3.20. The van der Waals surface area contributed by atoms with Crippen LogP contribution in [0.2, 0.25) is 0 Å². The maximum Gasteiger partial charge on any atom is 0.311 e. The molecule has 1 aliphatic rings. The first-order chi connectivity index (χ1) is 14.8. The number of fused-ring (bicyclic) bond motifs is 2. The van der Waals surface area contributed by atoms with Crippen molar-refractivity contribution in [1.29, 1.82) is 0 Å². The van der Waals surface area contributed by atoms with E-state index in [9.17, 15) is 22.8 Å². The summed E-state index contributed by atoms with van der Waals surface area (Å²) in [6.45, 7) is 1.97. The predicted molar refractivity (Wildman–Crippen MR) is 112 cm³/mol. The first-order valence-corrected chi connectivity index (χ1v) is 11.6. The number of amides is 1. The van der Waals surface area contributed by atoms with E-state index >= 15 is 0 Å². The molecule has 1 aromatic heterocycles. The highest BCUT2D eigenvalue weighted by molar-refractivity contribution is 7.91. The minimum atomic E-state index is -3.94. The van der Waals surface area contributed by atoms with Gasteiger partial charge in [0.1, 0.15) is 0 Å². The average molecular weight is 457 g/mol. The van der Waals surface area contributed by atoms with Gasteiger partial charge in [0.25, 0.3) is 5.91 Å². The number of carbonyl (C=O) groups excluding carboxylic acids is 3. The van der Waals surface area contributed by atoms with Crippen LogP contribution >= 0.6 is 11.3 Å². The molecule has 0 fully saturated rings. The van der Waals surface area contributed by atoms with Crippen molar-refractivity contribution in [3.05, 3.63) is 70.2 Å². The number of thiazole rings is 1. The summed E-state index contributed by atoms with van der Waals surface area (Å²) in [5.74, 6) is -1.41. The van der Waals surface area contributed by atoms with Gasteiger partial charge in [0.15, 0.2) is 10.9 Å². The Morgan fingerprint density at radius 2 is 1.84 bits per heavy atom. The largest absolute Gasteiger partial charge is 0.466 e. The molecule has 3 aromatic rings. The zero-order valence-corrected chi connectivity index (χ0v) is 17.9. The molecule has 1 aliphatic heterocycles. The number of nitrogens with zero attached hydrogens (tertiary/aromatic N) is 1. The summed E-state index contributed by atoms with van der Waals surface area (Å²) < 4.78 is 30.9. The number of aromatic nitrogens is 1. The third-order valence-corrected chi connectivity index (χ3v) is 7.26. The topological polar surface area (TPSA) is 119 Å². The zero-order chi connectivity index (χ0) is 22.2. The SMILES string of the molecule is CCOC(=O)Cc1csc(NC(=O)c2ccc3c(c2)S(=O)(=O)c2ccccc2C3=O)n1. The quantitative estimate of drug-likeness (QED) is 0.459. The Balaban J connectivity index is 1.59. The molecule has 0 unspecified atom stereocenters. The molecule has 2 heterocycles. The molecule has 0 bridgehead atoms. The lowest BCUT2D eigenvalue weighted by atomic mass is 10.0. The van der Waals surface area contributed by atoms with E-state index in [2.05, 4.69) is 10.3 Å². The van der Waals surface area contributed by atoms with Gasteiger partial charge in [-0.25, -0.2) is 13.4 Å². The van der Waals surface area contributed by atoms with Gasteiger partial charge in [-0.15, -0.1) is 11.3 Å². The normalized spacial score (nSPS) is 13.8. The van der Waals surface area contributed by atoms with E-state index in [0.717, 1.165) is 11.3 Å². The molecule has 0 saturated carbocycles. The molecule has 0 atom stereocenters. The Bertz CT molecular complexity index is 1330. The van der Waals surface area contributed by atoms with Gasteiger partial charge in [-0.2, -0.15) is 0 Å². The highest BCUT2D eigenvalue weighted by Gasteiger charge is 2.35. The molecule has 0 saturated heterocycles. The number of benzene rings is 2. The van der Waals surface area contributed by atoms with Crippen LogP contribution in [0.5, 0.6) is 0 Å². The van der Waals surface area contributed by atoms with Gasteiger partial charge < -0.3 is 4.74 Å². The van der Waals surface area contributed by atoms with Gasteiger partial charge in [-0.05, 0) is 37.3 Å². The van der Waals surface area contributed by atoms with Crippen LogP contribution in [0.4, 0.5) is 5.13 Å². The molecule has 0 aliphatic carbocycles. The highest BCUT2D eigenvalue weighted by atomic mass is 32.2. The summed E-state index contributed by atoms with van der Waals surface area (Å²) in [6.07, 6.45) is -0.0151. The Morgan fingerprint density at radius 1 is 1.10 bits per heavy atom. The van der Waals surface area contributed by atoms with E-state index < -0.39 is 27.5 Å². The van der Waals surface area contributed by atoms with Gasteiger partial charge in [-0.1, -0.05) is 12.1 Å². The van der Waals surface area contributed by atoms with Crippen LogP contribution in [0.15, 0.2) is 57.6 Å². The standard InChI is InChI=1S/C21H16N2O6S2/c1-2-29-18(24)10-13-11-30-21(22-13)23-20(26)12-7-8-15-17(9-12)31(27,28)16-6-4-3-5-14(16)19(15)25/h3-9,11H,2,10H2,1H3,(H,22,23,26). The van der Waals surface area contributed by atoms with E-state index in [0.29, 0.717) is 5.69 Å². The molecule has 1 amide bonds. The maximum absolute atomic E-state index is 13.0. The monoisotopic (exact) mass is 456 g/mol. The summed E-state index contributed by atoms with van der Waals surface area (Å²) in [5, 5.41) is 4.47. The molecule has 31 heavy (non-hydrogen) atoms. The average Bonchev–Trinajstić information content (AvgIpc) is 3.18. The summed E-state index contributed by atoms with van der Waals surface area (Å²) in [7, 11) is -3.94. The number of hydrogen-bond acceptors (Lipinski definition) is 8. The van der Waals surface area contributed by atoms with E-state index in [1.165, 1.54) is 30.3 Å². The van der Waals surface area contributed by atoms with Gasteiger partial charge in [-0.3, -0.25) is 19.7 Å². The number of sulfone groups is 1. The Kier molecular flexibility index (Phi) is 5.42. The van der Waals surface area contributed by atoms with Gasteiger partial charge in [0.05, 0.1) is 28.5 Å². The first kappa shape index (κ1) is 20.9. The predicted octanol–water partition coefficient (Wildman–Crippen LogP) is 2.88. The summed E-state index contributed by atoms with van der Waals surface area (Å²) in [6, 6.07) is 9.91. The van der Waals surface area contributed by atoms with E-state index in [4.69, 9.17) is 4.74 Å². The van der Waals surface area contributed by atoms with Crippen molar-refractivity contribution in [3.63, 3.8) is 0 Å². The van der Waals surface area contributed by atoms with Crippen molar-refractivity contribution in [2.75, 3.05) is 11.9 Å². The summed E-state index contributed by atoms with van der Waals surface area (Å²) >= 11 is 1.13. The van der Waals surface area contributed by atoms with Crippen molar-refractivity contribution in [2.24, 2.45) is 0 Å².